The summed E-state index contributed by atoms with van der Waals surface area (Å²) < 4.78 is 11.1. The third kappa shape index (κ3) is 13.3. The van der Waals surface area contributed by atoms with Gasteiger partial charge in [-0.3, -0.25) is 4.99 Å². The van der Waals surface area contributed by atoms with Crippen molar-refractivity contribution in [3.8, 4) is 0 Å². The van der Waals surface area contributed by atoms with Crippen LogP contribution < -0.4 is 11.1 Å². The van der Waals surface area contributed by atoms with Crippen molar-refractivity contribution >= 4 is 5.96 Å². The Morgan fingerprint density at radius 3 is 2.13 bits per heavy atom. The summed E-state index contributed by atoms with van der Waals surface area (Å²) in [6, 6.07) is 0. The molecule has 3 N–H and O–H groups in total. The van der Waals surface area contributed by atoms with Crippen molar-refractivity contribution in [3.63, 3.8) is 0 Å². The average molecular weight is 330 g/mol. The summed E-state index contributed by atoms with van der Waals surface area (Å²) in [7, 11) is 0. The molecule has 0 rings (SSSR count). The number of ether oxygens (including phenoxy) is 2. The lowest BCUT2D eigenvalue weighted by Gasteiger charge is -2.24. The van der Waals surface area contributed by atoms with E-state index in [9.17, 15) is 0 Å². The second-order valence-electron chi connectivity index (χ2n) is 7.52. The maximum atomic E-state index is 5.84. The van der Waals surface area contributed by atoms with E-state index in [0.717, 1.165) is 19.4 Å². The first-order valence-electron chi connectivity index (χ1n) is 8.96. The van der Waals surface area contributed by atoms with Gasteiger partial charge >= 0.3 is 0 Å². The van der Waals surface area contributed by atoms with Crippen molar-refractivity contribution in [1.82, 2.24) is 5.32 Å². The molecule has 0 aliphatic heterocycles. The van der Waals surface area contributed by atoms with E-state index in [1.807, 2.05) is 0 Å². The molecular formula is C18H39N3O2. The number of hydrogen-bond acceptors (Lipinski definition) is 3. The Labute approximate surface area is 143 Å². The van der Waals surface area contributed by atoms with E-state index < -0.39 is 0 Å². The number of aliphatic imine (C=N–C) groups is 1. The third-order valence-electron chi connectivity index (χ3n) is 4.09. The SMILES string of the molecule is CCCC(C)(C)CCOCCOCCN=C(N)NC(C)(C)CC. The number of nitrogens with zero attached hydrogens (tertiary/aromatic N) is 1. The fourth-order valence-corrected chi connectivity index (χ4v) is 2.18. The van der Waals surface area contributed by atoms with Gasteiger partial charge in [0.2, 0.25) is 0 Å². The van der Waals surface area contributed by atoms with Crippen molar-refractivity contribution in [1.29, 1.82) is 0 Å². The summed E-state index contributed by atoms with van der Waals surface area (Å²) in [5.74, 6) is 0.481. The second-order valence-corrected chi connectivity index (χ2v) is 7.52. The van der Waals surface area contributed by atoms with Crippen LogP contribution in [0.1, 0.15) is 67.2 Å². The lowest BCUT2D eigenvalue weighted by atomic mass is 9.85. The van der Waals surface area contributed by atoms with Gasteiger partial charge in [-0.2, -0.15) is 0 Å². The van der Waals surface area contributed by atoms with Crippen LogP contribution in [0, 0.1) is 5.41 Å². The summed E-state index contributed by atoms with van der Waals surface area (Å²) in [6.07, 6.45) is 4.56. The van der Waals surface area contributed by atoms with E-state index in [0.29, 0.717) is 37.7 Å². The van der Waals surface area contributed by atoms with Crippen LogP contribution in [0.15, 0.2) is 4.99 Å². The van der Waals surface area contributed by atoms with Gasteiger partial charge in [0.05, 0.1) is 26.4 Å². The lowest BCUT2D eigenvalue weighted by molar-refractivity contribution is 0.0390. The van der Waals surface area contributed by atoms with Gasteiger partial charge in [0.25, 0.3) is 0 Å². The molecule has 0 aromatic heterocycles. The van der Waals surface area contributed by atoms with Crippen LogP contribution in [0.5, 0.6) is 0 Å². The molecule has 0 saturated carbocycles. The highest BCUT2D eigenvalue weighted by molar-refractivity contribution is 5.78. The number of guanidine groups is 1. The Hall–Kier alpha value is -0.810. The zero-order valence-electron chi connectivity index (χ0n) is 16.2. The van der Waals surface area contributed by atoms with Crippen molar-refractivity contribution in [2.24, 2.45) is 16.1 Å². The van der Waals surface area contributed by atoms with Crippen LogP contribution in [0.25, 0.3) is 0 Å². The highest BCUT2D eigenvalue weighted by Gasteiger charge is 2.16. The summed E-state index contributed by atoms with van der Waals surface area (Å²) in [4.78, 5) is 4.26. The molecule has 0 aromatic carbocycles. The van der Waals surface area contributed by atoms with E-state index in [2.05, 4.69) is 51.9 Å². The maximum Gasteiger partial charge on any atom is 0.189 e. The van der Waals surface area contributed by atoms with Crippen LogP contribution in [-0.4, -0.2) is 44.5 Å². The van der Waals surface area contributed by atoms with Crippen molar-refractivity contribution in [3.05, 3.63) is 0 Å². The first-order chi connectivity index (χ1) is 10.7. The van der Waals surface area contributed by atoms with Gasteiger partial charge in [-0.1, -0.05) is 34.1 Å². The first kappa shape index (κ1) is 22.2. The van der Waals surface area contributed by atoms with Crippen LogP contribution >= 0.6 is 0 Å². The molecular weight excluding hydrogens is 290 g/mol. The summed E-state index contributed by atoms with van der Waals surface area (Å²) in [6.45, 7) is 16.3. The molecule has 138 valence electrons. The predicted molar refractivity (Wildman–Crippen MR) is 98.9 cm³/mol. The standard InChI is InChI=1S/C18H39N3O2/c1-7-9-17(3,4)10-12-22-14-15-23-13-11-20-16(19)21-18(5,6)8-2/h7-15H2,1-6H3,(H3,19,20,21). The zero-order valence-corrected chi connectivity index (χ0v) is 16.2. The Bertz CT molecular complexity index is 328. The lowest BCUT2D eigenvalue weighted by Crippen LogP contribution is -2.46. The van der Waals surface area contributed by atoms with E-state index in [-0.39, 0.29) is 5.54 Å². The average Bonchev–Trinajstić information content (AvgIpc) is 2.44. The maximum absolute atomic E-state index is 5.84. The van der Waals surface area contributed by atoms with Crippen LogP contribution in [-0.2, 0) is 9.47 Å². The monoisotopic (exact) mass is 329 g/mol. The zero-order chi connectivity index (χ0) is 17.8. The molecule has 0 bridgehead atoms. The minimum absolute atomic E-state index is 0.0200. The quantitative estimate of drug-likeness (QED) is 0.309. The predicted octanol–water partition coefficient (Wildman–Crippen LogP) is 3.33. The fourth-order valence-electron chi connectivity index (χ4n) is 2.18. The minimum Gasteiger partial charge on any atom is -0.379 e. The van der Waals surface area contributed by atoms with Gasteiger partial charge in [0.1, 0.15) is 0 Å². The molecule has 0 spiro atoms. The molecule has 0 aliphatic carbocycles. The summed E-state index contributed by atoms with van der Waals surface area (Å²) in [5.41, 5.74) is 6.20. The Balaban J connectivity index is 3.56. The second kappa shape index (κ2) is 11.7. The van der Waals surface area contributed by atoms with Crippen LogP contribution in [0.2, 0.25) is 0 Å². The molecule has 0 atom stereocenters. The van der Waals surface area contributed by atoms with Gasteiger partial charge in [-0.15, -0.1) is 0 Å². The molecule has 0 aromatic rings. The summed E-state index contributed by atoms with van der Waals surface area (Å²) >= 11 is 0. The minimum atomic E-state index is -0.0200. The number of nitrogens with two attached hydrogens (primary N) is 1. The third-order valence-corrected chi connectivity index (χ3v) is 4.09. The Morgan fingerprint density at radius 2 is 1.57 bits per heavy atom. The Kier molecular flexibility index (Phi) is 11.3. The normalized spacial score (nSPS) is 13.4. The smallest absolute Gasteiger partial charge is 0.189 e. The molecule has 0 fully saturated rings. The fraction of sp³-hybridized carbons (Fsp3) is 0.944. The van der Waals surface area contributed by atoms with E-state index in [1.54, 1.807) is 0 Å². The van der Waals surface area contributed by atoms with Crippen molar-refractivity contribution in [2.45, 2.75) is 72.8 Å². The van der Waals surface area contributed by atoms with Crippen molar-refractivity contribution < 1.29 is 9.47 Å². The van der Waals surface area contributed by atoms with E-state index >= 15 is 0 Å². The first-order valence-corrected chi connectivity index (χ1v) is 8.96. The number of nitrogens with one attached hydrogen (secondary N) is 1. The van der Waals surface area contributed by atoms with E-state index in [1.165, 1.54) is 12.8 Å². The molecule has 5 nitrogen and oxygen atoms in total. The largest absolute Gasteiger partial charge is 0.379 e. The van der Waals surface area contributed by atoms with Gasteiger partial charge in [-0.05, 0) is 38.5 Å². The molecule has 0 aliphatic rings. The number of hydrogen-bond donors (Lipinski definition) is 2. The van der Waals surface area contributed by atoms with Crippen LogP contribution in [0.4, 0.5) is 0 Å². The molecule has 0 amide bonds. The molecule has 0 heterocycles. The Morgan fingerprint density at radius 1 is 0.957 bits per heavy atom. The van der Waals surface area contributed by atoms with Gasteiger partial charge in [0.15, 0.2) is 5.96 Å². The number of rotatable bonds is 13. The highest BCUT2D eigenvalue weighted by Crippen LogP contribution is 2.26. The molecule has 0 radical (unpaired) electrons. The van der Waals surface area contributed by atoms with Gasteiger partial charge in [-0.25, -0.2) is 0 Å². The van der Waals surface area contributed by atoms with Gasteiger partial charge < -0.3 is 20.5 Å². The molecule has 5 heteroatoms. The molecule has 23 heavy (non-hydrogen) atoms. The molecule has 0 saturated heterocycles. The molecule has 0 unspecified atom stereocenters. The van der Waals surface area contributed by atoms with Crippen LogP contribution in [0.3, 0.4) is 0 Å². The topological polar surface area (TPSA) is 68.9 Å². The van der Waals surface area contributed by atoms with Crippen molar-refractivity contribution in [2.75, 3.05) is 33.0 Å². The van der Waals surface area contributed by atoms with E-state index in [4.69, 9.17) is 15.2 Å². The highest BCUT2D eigenvalue weighted by atomic mass is 16.5. The summed E-state index contributed by atoms with van der Waals surface area (Å²) in [5, 5.41) is 3.20. The van der Waals surface area contributed by atoms with Gasteiger partial charge in [0, 0.05) is 12.1 Å².